The lowest BCUT2D eigenvalue weighted by Crippen LogP contribution is -2.19. The fraction of sp³-hybridized carbons (Fsp3) is 0.0435. The summed E-state index contributed by atoms with van der Waals surface area (Å²) in [5, 5.41) is 9.55. The van der Waals surface area contributed by atoms with Crippen LogP contribution < -0.4 is 5.69 Å². The number of benzene rings is 8. The zero-order valence-corrected chi connectivity index (χ0v) is 28.6. The first kappa shape index (κ1) is 29.9. The van der Waals surface area contributed by atoms with E-state index in [0.717, 1.165) is 49.6 Å². The van der Waals surface area contributed by atoms with Gasteiger partial charge in [0.25, 0.3) is 0 Å². The van der Waals surface area contributed by atoms with E-state index in [0.29, 0.717) is 17.5 Å². The lowest BCUT2D eigenvalue weighted by molar-refractivity contribution is 0.795. The second-order valence-corrected chi connectivity index (χ2v) is 13.3. The smallest absolute Gasteiger partial charge is 0.295 e. The molecule has 0 saturated heterocycles. The summed E-state index contributed by atoms with van der Waals surface area (Å²) in [5.74, 6) is 1.84. The molecular weight excluding hydrogens is 639 g/mol. The summed E-state index contributed by atoms with van der Waals surface area (Å²) < 4.78 is 3.36. The van der Waals surface area contributed by atoms with Gasteiger partial charge in [-0.2, -0.15) is 0 Å². The van der Waals surface area contributed by atoms with Crippen LogP contribution >= 0.6 is 0 Å². The van der Waals surface area contributed by atoms with Crippen molar-refractivity contribution >= 4 is 54.1 Å². The Kier molecular flexibility index (Phi) is 6.66. The maximum Gasteiger partial charge on any atom is 0.328 e. The zero-order chi connectivity index (χ0) is 34.9. The highest BCUT2D eigenvalue weighted by Gasteiger charge is 2.19. The molecule has 0 fully saturated rings. The summed E-state index contributed by atoms with van der Waals surface area (Å²) in [4.78, 5) is 27.9. The fourth-order valence-electron chi connectivity index (χ4n) is 7.79. The van der Waals surface area contributed by atoms with Gasteiger partial charge in [0, 0.05) is 30.8 Å². The Hall–Kier alpha value is -6.92. The van der Waals surface area contributed by atoms with Crippen molar-refractivity contribution < 1.29 is 0 Å². The number of imidazole rings is 1. The van der Waals surface area contributed by atoms with Crippen LogP contribution in [0.4, 0.5) is 0 Å². The first-order valence-corrected chi connectivity index (χ1v) is 17.4. The van der Waals surface area contributed by atoms with Crippen LogP contribution in [0.2, 0.25) is 0 Å². The number of hydrogen-bond acceptors (Lipinski definition) is 4. The number of nitrogens with zero attached hydrogens (tertiary/aromatic N) is 5. The molecule has 0 aliphatic carbocycles. The fourth-order valence-corrected chi connectivity index (χ4v) is 7.79. The minimum Gasteiger partial charge on any atom is -0.295 e. The van der Waals surface area contributed by atoms with Crippen LogP contribution in [0.15, 0.2) is 156 Å². The molecule has 0 bridgehead atoms. The minimum absolute atomic E-state index is 0.0388. The van der Waals surface area contributed by atoms with Crippen molar-refractivity contribution in [1.29, 1.82) is 0 Å². The molecule has 2 aromatic heterocycles. The molecule has 6 nitrogen and oxygen atoms in total. The molecule has 0 N–H and O–H groups in total. The maximum atomic E-state index is 12.6. The first-order valence-electron chi connectivity index (χ1n) is 17.4. The second kappa shape index (κ2) is 11.6. The minimum atomic E-state index is -0.0388. The molecule has 0 unspecified atom stereocenters. The van der Waals surface area contributed by atoms with E-state index in [1.165, 1.54) is 32.3 Å². The number of rotatable bonds is 4. The summed E-state index contributed by atoms with van der Waals surface area (Å²) in [6.45, 7) is 0. The second-order valence-electron chi connectivity index (χ2n) is 13.3. The standard InChI is InChI=1S/C46H31N5O/c1-50-40-25-24-31(26-41(40)51(2)46(50)52)28-20-22-30(23-21-28)44-47-43(29-12-4-3-5-13-29)48-45(49-44)39-27-38-34-16-7-6-14-32(34)33-15-8-10-18-36(33)42(38)37-19-11-9-17-35(37)39/h3-27H,1-2H3. The molecular formula is C46H31N5O. The van der Waals surface area contributed by atoms with Crippen LogP contribution in [-0.2, 0) is 14.1 Å². The van der Waals surface area contributed by atoms with Crippen LogP contribution in [0.5, 0.6) is 0 Å². The lowest BCUT2D eigenvalue weighted by atomic mass is 9.89. The van der Waals surface area contributed by atoms with Crippen LogP contribution in [0.1, 0.15) is 0 Å². The van der Waals surface area contributed by atoms with Crippen molar-refractivity contribution in [2.45, 2.75) is 0 Å². The SMILES string of the molecule is Cn1c(=O)n(C)c2cc(-c3ccc(-c4nc(-c5ccccc5)nc(-c5cc6c7ccccc7c7ccccc7c6c6ccccc56)n4)cc3)ccc21. The molecule has 10 rings (SSSR count). The highest BCUT2D eigenvalue weighted by atomic mass is 16.1. The van der Waals surface area contributed by atoms with Crippen LogP contribution in [-0.4, -0.2) is 24.1 Å². The summed E-state index contributed by atoms with van der Waals surface area (Å²) in [6.07, 6.45) is 0. The van der Waals surface area contributed by atoms with Crippen molar-refractivity contribution in [3.8, 4) is 45.3 Å². The maximum absolute atomic E-state index is 12.6. The molecule has 0 atom stereocenters. The van der Waals surface area contributed by atoms with Crippen LogP contribution in [0, 0.1) is 0 Å². The Labute approximate surface area is 298 Å². The van der Waals surface area contributed by atoms with Gasteiger partial charge in [0.05, 0.1) is 11.0 Å². The molecule has 0 aliphatic heterocycles. The predicted molar refractivity (Wildman–Crippen MR) is 213 cm³/mol. The molecule has 0 radical (unpaired) electrons. The Morgan fingerprint density at radius 3 is 1.52 bits per heavy atom. The average Bonchev–Trinajstić information content (AvgIpc) is 3.43. The Morgan fingerprint density at radius 1 is 0.385 bits per heavy atom. The van der Waals surface area contributed by atoms with Crippen LogP contribution in [0.25, 0.3) is 99.4 Å². The molecule has 0 amide bonds. The van der Waals surface area contributed by atoms with Gasteiger partial charge in [-0.15, -0.1) is 0 Å². The third-order valence-corrected chi connectivity index (χ3v) is 10.4. The molecule has 2 heterocycles. The zero-order valence-electron chi connectivity index (χ0n) is 28.6. The molecule has 10 aromatic rings. The number of aryl methyl sites for hydroxylation is 2. The molecule has 0 aliphatic rings. The van der Waals surface area contributed by atoms with Gasteiger partial charge in [-0.25, -0.2) is 19.7 Å². The van der Waals surface area contributed by atoms with E-state index in [4.69, 9.17) is 15.0 Å². The molecule has 0 saturated carbocycles. The molecule has 6 heteroatoms. The van der Waals surface area contributed by atoms with Crippen molar-refractivity contribution in [2.75, 3.05) is 0 Å². The van der Waals surface area contributed by atoms with Crippen molar-refractivity contribution in [3.05, 3.63) is 162 Å². The van der Waals surface area contributed by atoms with Gasteiger partial charge in [0.15, 0.2) is 17.5 Å². The van der Waals surface area contributed by atoms with Gasteiger partial charge >= 0.3 is 5.69 Å². The van der Waals surface area contributed by atoms with Crippen LogP contribution in [0.3, 0.4) is 0 Å². The highest BCUT2D eigenvalue weighted by molar-refractivity contribution is 6.32. The van der Waals surface area contributed by atoms with Gasteiger partial charge in [-0.1, -0.05) is 133 Å². The van der Waals surface area contributed by atoms with E-state index in [1.54, 1.807) is 16.2 Å². The normalized spacial score (nSPS) is 11.7. The molecule has 246 valence electrons. The summed E-state index contributed by atoms with van der Waals surface area (Å²) >= 11 is 0. The third kappa shape index (κ3) is 4.58. The summed E-state index contributed by atoms with van der Waals surface area (Å²) in [7, 11) is 3.61. The Bertz CT molecular complexity index is 3110. The average molecular weight is 670 g/mol. The van der Waals surface area contributed by atoms with E-state index in [1.807, 2.05) is 43.4 Å². The third-order valence-electron chi connectivity index (χ3n) is 10.4. The molecule has 0 spiro atoms. The van der Waals surface area contributed by atoms with Gasteiger partial charge in [-0.3, -0.25) is 9.13 Å². The summed E-state index contributed by atoms with van der Waals surface area (Å²) in [6, 6.07) is 52.7. The van der Waals surface area contributed by atoms with Gasteiger partial charge in [0.2, 0.25) is 0 Å². The highest BCUT2D eigenvalue weighted by Crippen LogP contribution is 2.42. The quantitative estimate of drug-likeness (QED) is 0.175. The lowest BCUT2D eigenvalue weighted by Gasteiger charge is -2.16. The number of hydrogen-bond donors (Lipinski definition) is 0. The van der Waals surface area contributed by atoms with E-state index in [9.17, 15) is 4.79 Å². The van der Waals surface area contributed by atoms with Gasteiger partial charge < -0.3 is 0 Å². The van der Waals surface area contributed by atoms with Crippen molar-refractivity contribution in [1.82, 2.24) is 24.1 Å². The largest absolute Gasteiger partial charge is 0.328 e. The molecule has 52 heavy (non-hydrogen) atoms. The van der Waals surface area contributed by atoms with Crippen molar-refractivity contribution in [2.24, 2.45) is 14.1 Å². The number of fused-ring (bicyclic) bond motifs is 9. The number of aromatic nitrogens is 5. The van der Waals surface area contributed by atoms with E-state index >= 15 is 0 Å². The van der Waals surface area contributed by atoms with Crippen molar-refractivity contribution in [3.63, 3.8) is 0 Å². The first-order chi connectivity index (χ1) is 25.5. The Morgan fingerprint density at radius 2 is 0.846 bits per heavy atom. The summed E-state index contributed by atoms with van der Waals surface area (Å²) in [5.41, 5.74) is 6.61. The predicted octanol–water partition coefficient (Wildman–Crippen LogP) is 10.3. The van der Waals surface area contributed by atoms with E-state index < -0.39 is 0 Å². The molecule has 8 aromatic carbocycles. The van der Waals surface area contributed by atoms with E-state index in [2.05, 4.69) is 115 Å². The van der Waals surface area contributed by atoms with Gasteiger partial charge in [-0.05, 0) is 72.4 Å². The van der Waals surface area contributed by atoms with E-state index in [-0.39, 0.29) is 5.69 Å². The van der Waals surface area contributed by atoms with Gasteiger partial charge in [0.1, 0.15) is 0 Å². The monoisotopic (exact) mass is 669 g/mol. The Balaban J connectivity index is 1.19. The topological polar surface area (TPSA) is 65.6 Å².